The molecule has 274 valence electrons. The van der Waals surface area contributed by atoms with E-state index in [1.165, 1.54) is 109 Å². The highest BCUT2D eigenvalue weighted by atomic mass is 19.4. The molecule has 12 heteroatoms. The number of azo groups is 1. The van der Waals surface area contributed by atoms with Crippen LogP contribution in [0.2, 0.25) is 0 Å². The Kier molecular flexibility index (Phi) is 21.2. The fraction of sp³-hybridized carbons (Fsp3) is 0.622. The predicted molar refractivity (Wildman–Crippen MR) is 187 cm³/mol. The van der Waals surface area contributed by atoms with Crippen molar-refractivity contribution in [2.45, 2.75) is 122 Å². The molecule has 0 saturated carbocycles. The molecule has 0 atom stereocenters. The molecule has 0 aromatic heterocycles. The van der Waals surface area contributed by atoms with Gasteiger partial charge in [0.1, 0.15) is 6.07 Å². The number of amidine groups is 1. The van der Waals surface area contributed by atoms with Crippen LogP contribution < -0.4 is 5.43 Å². The second-order valence-corrected chi connectivity index (χ2v) is 13.3. The van der Waals surface area contributed by atoms with Crippen LogP contribution in [0.5, 0.6) is 0 Å². The number of hydrazone groups is 1. The number of rotatable bonds is 20. The van der Waals surface area contributed by atoms with Gasteiger partial charge in [-0.3, -0.25) is 5.43 Å². The summed E-state index contributed by atoms with van der Waals surface area (Å²) in [4.78, 5) is 0. The van der Waals surface area contributed by atoms with Crippen molar-refractivity contribution in [1.29, 1.82) is 5.26 Å². The van der Waals surface area contributed by atoms with Crippen molar-refractivity contribution in [3.05, 3.63) is 59.7 Å². The molecule has 0 radical (unpaired) electrons. The Hall–Kier alpha value is -3.46. The third-order valence-corrected chi connectivity index (χ3v) is 7.74. The van der Waals surface area contributed by atoms with E-state index in [1.54, 1.807) is 6.07 Å². The Morgan fingerprint density at radius 2 is 1.02 bits per heavy atom. The van der Waals surface area contributed by atoms with E-state index in [2.05, 4.69) is 48.8 Å². The molecule has 0 bridgehead atoms. The first-order valence-corrected chi connectivity index (χ1v) is 17.5. The standard InChI is InChI=1S/C21H46N.C16H9F6N5/c1-5-6-7-8-9-10-11-12-13-14-15-16-17-18-19-20-21-22(2,3)4;17-15(18,19)10-1-5-12(6-2-10)24-26-14(9-23)27-25-13-7-3-11(4-8-13)16(20,21)22/h5-21H2,1-4H3;1-8,24H/q+1;. The van der Waals surface area contributed by atoms with E-state index in [1.807, 2.05) is 0 Å². The summed E-state index contributed by atoms with van der Waals surface area (Å²) < 4.78 is 75.9. The van der Waals surface area contributed by atoms with Crippen LogP contribution in [0.3, 0.4) is 0 Å². The lowest BCUT2D eigenvalue weighted by Crippen LogP contribution is -2.35. The Morgan fingerprint density at radius 3 is 1.39 bits per heavy atom. The molecular weight excluding hydrogens is 642 g/mol. The van der Waals surface area contributed by atoms with Crippen LogP contribution >= 0.6 is 0 Å². The van der Waals surface area contributed by atoms with Crippen molar-refractivity contribution in [3.63, 3.8) is 0 Å². The average Bonchev–Trinajstić information content (AvgIpc) is 3.04. The second kappa shape index (κ2) is 23.8. The zero-order chi connectivity index (χ0) is 36.6. The van der Waals surface area contributed by atoms with Crippen LogP contribution in [-0.4, -0.2) is 38.0 Å². The smallest absolute Gasteiger partial charge is 0.331 e. The van der Waals surface area contributed by atoms with Gasteiger partial charge in [0.05, 0.1) is 50.2 Å². The van der Waals surface area contributed by atoms with Crippen LogP contribution in [0.25, 0.3) is 0 Å². The van der Waals surface area contributed by atoms with Crippen molar-refractivity contribution in [3.8, 4) is 6.07 Å². The maximum atomic E-state index is 12.5. The number of hydrogen-bond donors (Lipinski definition) is 1. The second-order valence-electron chi connectivity index (χ2n) is 13.3. The lowest BCUT2D eigenvalue weighted by molar-refractivity contribution is -0.870. The van der Waals surface area contributed by atoms with Crippen molar-refractivity contribution in [2.75, 3.05) is 33.1 Å². The third-order valence-electron chi connectivity index (χ3n) is 7.74. The topological polar surface area (TPSA) is 72.9 Å². The molecule has 0 amide bonds. The summed E-state index contributed by atoms with van der Waals surface area (Å²) in [7, 11) is 6.89. The first-order chi connectivity index (χ1) is 23.2. The Morgan fingerprint density at radius 1 is 0.633 bits per heavy atom. The van der Waals surface area contributed by atoms with Crippen LogP contribution in [0.1, 0.15) is 121 Å². The molecule has 0 saturated heterocycles. The van der Waals surface area contributed by atoms with Crippen molar-refractivity contribution < 1.29 is 30.8 Å². The summed E-state index contributed by atoms with van der Waals surface area (Å²) in [6, 6.07) is 9.17. The highest BCUT2D eigenvalue weighted by Gasteiger charge is 2.30. The van der Waals surface area contributed by atoms with E-state index in [0.29, 0.717) is 0 Å². The first-order valence-electron chi connectivity index (χ1n) is 17.5. The van der Waals surface area contributed by atoms with E-state index in [0.717, 1.165) is 53.0 Å². The molecule has 0 unspecified atom stereocenters. The molecule has 1 N–H and O–H groups in total. The number of halogens is 6. The molecule has 0 spiro atoms. The summed E-state index contributed by atoms with van der Waals surface area (Å²) in [6.45, 7) is 3.63. The Balaban J connectivity index is 0.000000502. The number of nitriles is 1. The number of nitrogens with one attached hydrogen (secondary N) is 1. The number of alkyl halides is 6. The molecule has 0 aliphatic heterocycles. The quantitative estimate of drug-likeness (QED) is 0.0284. The van der Waals surface area contributed by atoms with E-state index in [-0.39, 0.29) is 11.4 Å². The summed E-state index contributed by atoms with van der Waals surface area (Å²) >= 11 is 0. The lowest BCUT2D eigenvalue weighted by Gasteiger charge is -2.23. The van der Waals surface area contributed by atoms with Crippen LogP contribution in [-0.2, 0) is 12.4 Å². The maximum absolute atomic E-state index is 12.5. The SMILES string of the molecule is CCCCCCCCCCCCCCCCCC[N+](C)(C)C.N#CC(N=Nc1ccc(C(F)(F)F)cc1)=NNc1ccc(C(F)(F)F)cc1. The number of unbranched alkanes of at least 4 members (excludes halogenated alkanes) is 15. The van der Waals surface area contributed by atoms with Gasteiger partial charge in [-0.05, 0) is 61.4 Å². The normalized spacial score (nSPS) is 12.5. The fourth-order valence-corrected chi connectivity index (χ4v) is 4.88. The zero-order valence-electron chi connectivity index (χ0n) is 29.6. The first kappa shape index (κ1) is 43.6. The number of quaternary nitrogens is 1. The number of hydrogen-bond acceptors (Lipinski definition) is 4. The number of nitrogens with zero attached hydrogens (tertiary/aromatic N) is 5. The van der Waals surface area contributed by atoms with Gasteiger partial charge in [0.2, 0.25) is 0 Å². The molecule has 0 aliphatic rings. The van der Waals surface area contributed by atoms with E-state index < -0.39 is 29.3 Å². The Labute approximate surface area is 289 Å². The van der Waals surface area contributed by atoms with E-state index >= 15 is 0 Å². The van der Waals surface area contributed by atoms with E-state index in [4.69, 9.17) is 5.26 Å². The summed E-state index contributed by atoms with van der Waals surface area (Å²) in [5.74, 6) is -0.477. The van der Waals surface area contributed by atoms with Crippen molar-refractivity contribution >= 4 is 17.2 Å². The number of anilines is 1. The summed E-state index contributed by atoms with van der Waals surface area (Å²) in [6.07, 6.45) is 14.4. The molecule has 2 aromatic rings. The maximum Gasteiger partial charge on any atom is 0.416 e. The van der Waals surface area contributed by atoms with Gasteiger partial charge in [0.15, 0.2) is 0 Å². The van der Waals surface area contributed by atoms with Gasteiger partial charge in [-0.15, -0.1) is 15.3 Å². The van der Waals surface area contributed by atoms with Gasteiger partial charge in [-0.2, -0.15) is 31.6 Å². The van der Waals surface area contributed by atoms with Crippen LogP contribution in [0.15, 0.2) is 63.9 Å². The average molecular weight is 698 g/mol. The minimum Gasteiger partial charge on any atom is -0.331 e. The van der Waals surface area contributed by atoms with Gasteiger partial charge >= 0.3 is 12.4 Å². The highest BCUT2D eigenvalue weighted by Crippen LogP contribution is 2.31. The minimum atomic E-state index is -4.49. The predicted octanol–water partition coefficient (Wildman–Crippen LogP) is 12.7. The Bertz CT molecular complexity index is 1240. The van der Waals surface area contributed by atoms with Gasteiger partial charge in [0.25, 0.3) is 5.84 Å². The minimum absolute atomic E-state index is 0.0560. The third kappa shape index (κ3) is 22.7. The lowest BCUT2D eigenvalue weighted by atomic mass is 10.0. The highest BCUT2D eigenvalue weighted by molar-refractivity contribution is 5.97. The molecule has 0 fully saturated rings. The molecule has 2 rings (SSSR count). The largest absolute Gasteiger partial charge is 0.416 e. The monoisotopic (exact) mass is 697 g/mol. The molecule has 2 aromatic carbocycles. The fourth-order valence-electron chi connectivity index (χ4n) is 4.88. The molecule has 0 heterocycles. The summed E-state index contributed by atoms with van der Waals surface area (Å²) in [5.41, 5.74) is 0.849. The van der Waals surface area contributed by atoms with Crippen LogP contribution in [0.4, 0.5) is 37.7 Å². The molecule has 6 nitrogen and oxygen atoms in total. The van der Waals surface area contributed by atoms with Gasteiger partial charge in [-0.25, -0.2) is 0 Å². The zero-order valence-corrected chi connectivity index (χ0v) is 29.6. The summed E-state index contributed by atoms with van der Waals surface area (Å²) in [5, 5.41) is 19.5. The molecular formula is C37H55F6N6+. The van der Waals surface area contributed by atoms with Crippen LogP contribution in [0, 0.1) is 11.3 Å². The van der Waals surface area contributed by atoms with Gasteiger partial charge in [-0.1, -0.05) is 96.8 Å². The van der Waals surface area contributed by atoms with E-state index in [9.17, 15) is 26.3 Å². The molecule has 0 aliphatic carbocycles. The van der Waals surface area contributed by atoms with Gasteiger partial charge < -0.3 is 4.48 Å². The van der Waals surface area contributed by atoms with Gasteiger partial charge in [0, 0.05) is 0 Å². The number of benzene rings is 2. The van der Waals surface area contributed by atoms with Crippen molar-refractivity contribution in [1.82, 2.24) is 0 Å². The van der Waals surface area contributed by atoms with Crippen molar-refractivity contribution in [2.24, 2.45) is 15.3 Å². The molecule has 49 heavy (non-hydrogen) atoms.